The zero-order valence-corrected chi connectivity index (χ0v) is 18.6. The minimum Gasteiger partial charge on any atom is -0.143 e. The monoisotopic (exact) mass is 422 g/mol. The topological polar surface area (TPSA) is 0 Å². The Morgan fingerprint density at radius 2 is 1.27 bits per heavy atom. The normalized spacial score (nSPS) is 11.9. The zero-order valence-electron chi connectivity index (χ0n) is 16.9. The first kappa shape index (κ1) is 18.1. The summed E-state index contributed by atoms with van der Waals surface area (Å²) < 4.78 is 2.83. The Hall–Kier alpha value is -2.68. The molecule has 0 unspecified atom stereocenters. The fourth-order valence-corrected chi connectivity index (χ4v) is 6.57. The van der Waals surface area contributed by atoms with Crippen LogP contribution in [0.25, 0.3) is 41.7 Å². The molecule has 0 nitrogen and oxygen atoms in total. The van der Waals surface area contributed by atoms with Gasteiger partial charge in [-0.2, -0.15) is 0 Å². The summed E-state index contributed by atoms with van der Waals surface area (Å²) >= 11 is 3.81. The van der Waals surface area contributed by atoms with Crippen LogP contribution in [-0.2, 0) is 19.3 Å². The van der Waals surface area contributed by atoms with Gasteiger partial charge < -0.3 is 0 Å². The molecule has 0 fully saturated rings. The second-order valence-corrected chi connectivity index (χ2v) is 10.1. The van der Waals surface area contributed by atoms with Crippen LogP contribution in [0.1, 0.15) is 22.9 Å². The van der Waals surface area contributed by atoms with E-state index in [-0.39, 0.29) is 0 Å². The molecule has 0 saturated heterocycles. The van der Waals surface area contributed by atoms with Gasteiger partial charge in [-0.3, -0.25) is 0 Å². The third kappa shape index (κ3) is 3.03. The van der Waals surface area contributed by atoms with E-state index < -0.39 is 0 Å². The molecule has 0 N–H and O–H groups in total. The van der Waals surface area contributed by atoms with Gasteiger partial charge in [-0.1, -0.05) is 55.5 Å². The van der Waals surface area contributed by atoms with Crippen molar-refractivity contribution in [1.82, 2.24) is 0 Å². The molecule has 0 aliphatic rings. The molecule has 0 aliphatic carbocycles. The van der Waals surface area contributed by atoms with Gasteiger partial charge in [0.1, 0.15) is 0 Å². The highest BCUT2D eigenvalue weighted by molar-refractivity contribution is 7.20. The summed E-state index contributed by atoms with van der Waals surface area (Å²) in [6.45, 7) is 2.21. The molecule has 6 aromatic rings. The van der Waals surface area contributed by atoms with Crippen molar-refractivity contribution in [3.63, 3.8) is 0 Å². The highest BCUT2D eigenvalue weighted by Gasteiger charge is 2.09. The fraction of sp³-hybridized carbons (Fsp3) is 0.143. The molecule has 0 spiro atoms. The summed E-state index contributed by atoms with van der Waals surface area (Å²) in [7, 11) is 0. The molecule has 6 rings (SSSR count). The first-order valence-corrected chi connectivity index (χ1v) is 12.3. The molecule has 0 aliphatic heterocycles. The van der Waals surface area contributed by atoms with Crippen molar-refractivity contribution >= 4 is 64.4 Å². The van der Waals surface area contributed by atoms with Crippen LogP contribution in [0.3, 0.4) is 0 Å². The Morgan fingerprint density at radius 3 is 2.03 bits per heavy atom. The van der Waals surface area contributed by atoms with Gasteiger partial charge in [0, 0.05) is 25.0 Å². The lowest BCUT2D eigenvalue weighted by Crippen LogP contribution is -1.89. The molecule has 0 amide bonds. The van der Waals surface area contributed by atoms with Crippen molar-refractivity contribution in [2.45, 2.75) is 26.2 Å². The average molecular weight is 423 g/mol. The van der Waals surface area contributed by atoms with Crippen LogP contribution >= 0.6 is 22.7 Å². The molecule has 0 bridgehead atoms. The second kappa shape index (κ2) is 7.23. The van der Waals surface area contributed by atoms with Crippen molar-refractivity contribution in [1.29, 1.82) is 0 Å². The molecule has 2 heteroatoms. The van der Waals surface area contributed by atoms with Gasteiger partial charge in [0.2, 0.25) is 0 Å². The first-order valence-electron chi connectivity index (χ1n) is 10.6. The number of benzene rings is 4. The van der Waals surface area contributed by atoms with Crippen LogP contribution in [0.2, 0.25) is 0 Å². The van der Waals surface area contributed by atoms with E-state index in [2.05, 4.69) is 85.1 Å². The lowest BCUT2D eigenvalue weighted by atomic mass is 10.0. The molecule has 30 heavy (non-hydrogen) atoms. The van der Waals surface area contributed by atoms with Gasteiger partial charge in [-0.25, -0.2) is 0 Å². The SMILES string of the molecule is CCc1ccc(CCc2cc3ccc4cc5c(ccc6ccsc65)cc4c3s2)cc1. The van der Waals surface area contributed by atoms with E-state index in [0.29, 0.717) is 0 Å². The van der Waals surface area contributed by atoms with Crippen LogP contribution in [0.15, 0.2) is 78.2 Å². The van der Waals surface area contributed by atoms with Crippen LogP contribution in [0.4, 0.5) is 0 Å². The Labute approximate surface area is 184 Å². The van der Waals surface area contributed by atoms with Crippen molar-refractivity contribution < 1.29 is 0 Å². The Kier molecular flexibility index (Phi) is 4.36. The van der Waals surface area contributed by atoms with Gasteiger partial charge in [-0.15, -0.1) is 22.7 Å². The molecule has 2 heterocycles. The van der Waals surface area contributed by atoms with E-state index in [1.54, 1.807) is 0 Å². The summed E-state index contributed by atoms with van der Waals surface area (Å²) in [4.78, 5) is 1.48. The molecule has 0 radical (unpaired) electrons. The average Bonchev–Trinajstić information content (AvgIpc) is 3.43. The van der Waals surface area contributed by atoms with Gasteiger partial charge in [0.25, 0.3) is 0 Å². The summed E-state index contributed by atoms with van der Waals surface area (Å²) in [5.74, 6) is 0. The van der Waals surface area contributed by atoms with Crippen molar-refractivity contribution in [3.8, 4) is 0 Å². The fourth-order valence-electron chi connectivity index (χ4n) is 4.46. The van der Waals surface area contributed by atoms with Crippen LogP contribution in [-0.4, -0.2) is 0 Å². The minimum atomic E-state index is 1.11. The largest absolute Gasteiger partial charge is 0.143 e. The highest BCUT2D eigenvalue weighted by Crippen LogP contribution is 2.38. The maximum atomic E-state index is 2.40. The molecule has 0 atom stereocenters. The number of rotatable bonds is 4. The lowest BCUT2D eigenvalue weighted by molar-refractivity contribution is 0.977. The van der Waals surface area contributed by atoms with E-state index in [9.17, 15) is 0 Å². The number of hydrogen-bond acceptors (Lipinski definition) is 2. The molecule has 146 valence electrons. The Bertz CT molecular complexity index is 1510. The van der Waals surface area contributed by atoms with E-state index in [0.717, 1.165) is 19.3 Å². The van der Waals surface area contributed by atoms with Gasteiger partial charge in [0.05, 0.1) is 0 Å². The maximum Gasteiger partial charge on any atom is 0.0424 e. The van der Waals surface area contributed by atoms with Gasteiger partial charge in [0.15, 0.2) is 0 Å². The van der Waals surface area contributed by atoms with E-state index in [1.807, 2.05) is 22.7 Å². The van der Waals surface area contributed by atoms with E-state index in [4.69, 9.17) is 0 Å². The lowest BCUT2D eigenvalue weighted by Gasteiger charge is -2.05. The van der Waals surface area contributed by atoms with Crippen LogP contribution in [0, 0.1) is 0 Å². The first-order chi connectivity index (χ1) is 14.8. The Balaban J connectivity index is 1.40. The number of fused-ring (bicyclic) bond motifs is 6. The van der Waals surface area contributed by atoms with Crippen LogP contribution in [0.5, 0.6) is 0 Å². The van der Waals surface area contributed by atoms with Crippen molar-refractivity contribution in [3.05, 3.63) is 94.2 Å². The molecular weight excluding hydrogens is 400 g/mol. The number of hydrogen-bond donors (Lipinski definition) is 0. The molecule has 0 saturated carbocycles. The predicted octanol–water partition coefficient (Wildman–Crippen LogP) is 8.77. The third-order valence-corrected chi connectivity index (χ3v) is 8.40. The van der Waals surface area contributed by atoms with Gasteiger partial charge >= 0.3 is 0 Å². The number of aryl methyl sites for hydroxylation is 3. The van der Waals surface area contributed by atoms with E-state index in [1.165, 1.54) is 57.7 Å². The minimum absolute atomic E-state index is 1.11. The maximum absolute atomic E-state index is 2.40. The highest BCUT2D eigenvalue weighted by atomic mass is 32.1. The van der Waals surface area contributed by atoms with Crippen LogP contribution < -0.4 is 0 Å². The molecular formula is C28H22S2. The standard InChI is InChI=1S/C28H22S2/c1-2-18-3-5-19(6-4-18)7-12-24-15-23-11-10-22-16-25-21(17-26(22)28(23)30-24)9-8-20-13-14-29-27(20)25/h3-6,8-11,13-17H,2,7,12H2,1H3. The summed E-state index contributed by atoms with van der Waals surface area (Å²) in [6, 6.07) is 27.6. The quantitative estimate of drug-likeness (QED) is 0.249. The smallest absolute Gasteiger partial charge is 0.0424 e. The van der Waals surface area contributed by atoms with Gasteiger partial charge in [-0.05, 0) is 81.6 Å². The predicted molar refractivity (Wildman–Crippen MR) is 135 cm³/mol. The number of thiophene rings is 2. The summed E-state index contributed by atoms with van der Waals surface area (Å²) in [6.07, 6.45) is 3.32. The Morgan fingerprint density at radius 1 is 0.600 bits per heavy atom. The summed E-state index contributed by atoms with van der Waals surface area (Å²) in [5.41, 5.74) is 2.85. The molecule has 2 aromatic heterocycles. The molecule has 4 aromatic carbocycles. The summed E-state index contributed by atoms with van der Waals surface area (Å²) in [5, 5.41) is 10.4. The van der Waals surface area contributed by atoms with Crippen molar-refractivity contribution in [2.24, 2.45) is 0 Å². The van der Waals surface area contributed by atoms with Crippen molar-refractivity contribution in [2.75, 3.05) is 0 Å². The van der Waals surface area contributed by atoms with E-state index >= 15 is 0 Å². The third-order valence-electron chi connectivity index (χ3n) is 6.19. The zero-order chi connectivity index (χ0) is 20.1. The second-order valence-electron chi connectivity index (χ2n) is 8.07.